The maximum Gasteiger partial charge on any atom is 0.0543 e. The number of benzene rings is 1. The summed E-state index contributed by atoms with van der Waals surface area (Å²) in [5.74, 6) is 0.749. The van der Waals surface area contributed by atoms with E-state index in [2.05, 4.69) is 45.0 Å². The highest BCUT2D eigenvalue weighted by Gasteiger charge is 2.05. The van der Waals surface area contributed by atoms with E-state index in [1.54, 1.807) is 0 Å². The average Bonchev–Trinajstić information content (AvgIpc) is 2.28. The number of aliphatic hydroxyl groups excluding tert-OH is 1. The van der Waals surface area contributed by atoms with Gasteiger partial charge in [-0.05, 0) is 37.7 Å². The van der Waals surface area contributed by atoms with Crippen LogP contribution in [0.3, 0.4) is 0 Å². The standard InChI is InChI=1S/C16H26O/c1-13(2)5-4-6-16(17)12-11-15-9-7-14(3)8-10-15/h7-10,13,16-17H,4-6,11-12H2,1-3H3. The van der Waals surface area contributed by atoms with Crippen LogP contribution in [0.25, 0.3) is 0 Å². The summed E-state index contributed by atoms with van der Waals surface area (Å²) in [6.07, 6.45) is 5.07. The van der Waals surface area contributed by atoms with Gasteiger partial charge in [-0.1, -0.05) is 56.5 Å². The van der Waals surface area contributed by atoms with Gasteiger partial charge in [0.2, 0.25) is 0 Å². The van der Waals surface area contributed by atoms with E-state index in [0.717, 1.165) is 31.6 Å². The molecule has 17 heavy (non-hydrogen) atoms. The van der Waals surface area contributed by atoms with Gasteiger partial charge in [-0.25, -0.2) is 0 Å². The van der Waals surface area contributed by atoms with Crippen molar-refractivity contribution in [1.29, 1.82) is 0 Å². The summed E-state index contributed by atoms with van der Waals surface area (Å²) >= 11 is 0. The Kier molecular flexibility index (Phi) is 6.28. The minimum atomic E-state index is -0.130. The molecule has 1 aromatic rings. The fraction of sp³-hybridized carbons (Fsp3) is 0.625. The molecule has 0 heterocycles. The van der Waals surface area contributed by atoms with Crippen molar-refractivity contribution < 1.29 is 5.11 Å². The Morgan fingerprint density at radius 3 is 2.24 bits per heavy atom. The lowest BCUT2D eigenvalue weighted by molar-refractivity contribution is 0.150. The normalized spacial score (nSPS) is 13.0. The molecule has 0 fully saturated rings. The molecule has 0 saturated carbocycles. The van der Waals surface area contributed by atoms with Gasteiger partial charge in [0.25, 0.3) is 0 Å². The third kappa shape index (κ3) is 6.48. The molecule has 1 N–H and O–H groups in total. The van der Waals surface area contributed by atoms with Crippen molar-refractivity contribution in [1.82, 2.24) is 0 Å². The van der Waals surface area contributed by atoms with Crippen molar-refractivity contribution in [2.75, 3.05) is 0 Å². The SMILES string of the molecule is Cc1ccc(CCC(O)CCCC(C)C)cc1. The van der Waals surface area contributed by atoms with Crippen LogP contribution in [0.15, 0.2) is 24.3 Å². The third-order valence-electron chi connectivity index (χ3n) is 3.21. The average molecular weight is 234 g/mol. The summed E-state index contributed by atoms with van der Waals surface area (Å²) in [6.45, 7) is 6.57. The van der Waals surface area contributed by atoms with Crippen LogP contribution in [-0.4, -0.2) is 11.2 Å². The first kappa shape index (κ1) is 14.2. The van der Waals surface area contributed by atoms with Crippen LogP contribution >= 0.6 is 0 Å². The second-order valence-electron chi connectivity index (χ2n) is 5.50. The van der Waals surface area contributed by atoms with Crippen molar-refractivity contribution >= 4 is 0 Å². The summed E-state index contributed by atoms with van der Waals surface area (Å²) in [4.78, 5) is 0. The number of hydrogen-bond acceptors (Lipinski definition) is 1. The molecule has 1 atom stereocenters. The van der Waals surface area contributed by atoms with Crippen LogP contribution in [0, 0.1) is 12.8 Å². The quantitative estimate of drug-likeness (QED) is 0.752. The largest absolute Gasteiger partial charge is 0.393 e. The molecular formula is C16H26O. The van der Waals surface area contributed by atoms with Gasteiger partial charge in [0.15, 0.2) is 0 Å². The van der Waals surface area contributed by atoms with Crippen molar-refractivity contribution in [3.8, 4) is 0 Å². The molecule has 0 aliphatic rings. The van der Waals surface area contributed by atoms with Crippen LogP contribution in [0.4, 0.5) is 0 Å². The van der Waals surface area contributed by atoms with Gasteiger partial charge in [-0.3, -0.25) is 0 Å². The topological polar surface area (TPSA) is 20.2 Å². The first-order valence-electron chi connectivity index (χ1n) is 6.81. The van der Waals surface area contributed by atoms with Gasteiger partial charge in [0, 0.05) is 0 Å². The minimum Gasteiger partial charge on any atom is -0.393 e. The molecule has 0 aliphatic carbocycles. The van der Waals surface area contributed by atoms with Gasteiger partial charge in [0.1, 0.15) is 0 Å². The molecule has 0 radical (unpaired) electrons. The fourth-order valence-electron chi connectivity index (χ4n) is 1.99. The van der Waals surface area contributed by atoms with E-state index in [0.29, 0.717) is 0 Å². The van der Waals surface area contributed by atoms with Crippen LogP contribution in [-0.2, 0) is 6.42 Å². The summed E-state index contributed by atoms with van der Waals surface area (Å²) in [7, 11) is 0. The van der Waals surface area contributed by atoms with E-state index in [-0.39, 0.29) is 6.10 Å². The van der Waals surface area contributed by atoms with Gasteiger partial charge in [-0.15, -0.1) is 0 Å². The highest BCUT2D eigenvalue weighted by Crippen LogP contribution is 2.13. The summed E-state index contributed by atoms with van der Waals surface area (Å²) in [5, 5.41) is 9.88. The molecule has 1 aromatic carbocycles. The molecule has 0 spiro atoms. The first-order valence-corrected chi connectivity index (χ1v) is 6.81. The highest BCUT2D eigenvalue weighted by atomic mass is 16.3. The predicted octanol–water partition coefficient (Wildman–Crippen LogP) is 4.11. The van der Waals surface area contributed by atoms with Crippen LogP contribution in [0.1, 0.15) is 50.7 Å². The Bertz CT molecular complexity index is 300. The van der Waals surface area contributed by atoms with Crippen molar-refractivity contribution in [2.45, 2.75) is 59.0 Å². The number of aliphatic hydroxyl groups is 1. The minimum absolute atomic E-state index is 0.130. The molecule has 0 aromatic heterocycles. The maximum atomic E-state index is 9.88. The Morgan fingerprint density at radius 2 is 1.65 bits per heavy atom. The zero-order chi connectivity index (χ0) is 12.7. The van der Waals surface area contributed by atoms with Gasteiger partial charge in [0.05, 0.1) is 6.10 Å². The Morgan fingerprint density at radius 1 is 1.00 bits per heavy atom. The Hall–Kier alpha value is -0.820. The lowest BCUT2D eigenvalue weighted by atomic mass is 10.00. The van der Waals surface area contributed by atoms with Gasteiger partial charge >= 0.3 is 0 Å². The third-order valence-corrected chi connectivity index (χ3v) is 3.21. The molecule has 1 unspecified atom stereocenters. The second kappa shape index (κ2) is 7.50. The fourth-order valence-corrected chi connectivity index (χ4v) is 1.99. The zero-order valence-corrected chi connectivity index (χ0v) is 11.4. The van der Waals surface area contributed by atoms with Crippen LogP contribution in [0.2, 0.25) is 0 Å². The first-order chi connectivity index (χ1) is 8.08. The van der Waals surface area contributed by atoms with E-state index in [1.165, 1.54) is 17.5 Å². The molecule has 0 bridgehead atoms. The zero-order valence-electron chi connectivity index (χ0n) is 11.4. The molecule has 1 rings (SSSR count). The smallest absolute Gasteiger partial charge is 0.0543 e. The van der Waals surface area contributed by atoms with Crippen molar-refractivity contribution in [3.05, 3.63) is 35.4 Å². The lowest BCUT2D eigenvalue weighted by Crippen LogP contribution is -2.08. The molecule has 0 amide bonds. The monoisotopic (exact) mass is 234 g/mol. The molecular weight excluding hydrogens is 208 g/mol. The van der Waals surface area contributed by atoms with Gasteiger partial charge < -0.3 is 5.11 Å². The van der Waals surface area contributed by atoms with Gasteiger partial charge in [-0.2, -0.15) is 0 Å². The van der Waals surface area contributed by atoms with Crippen LogP contribution < -0.4 is 0 Å². The summed E-state index contributed by atoms with van der Waals surface area (Å²) < 4.78 is 0. The van der Waals surface area contributed by atoms with Crippen molar-refractivity contribution in [2.24, 2.45) is 5.92 Å². The number of aryl methyl sites for hydroxylation is 2. The summed E-state index contributed by atoms with van der Waals surface area (Å²) in [5.41, 5.74) is 2.63. The molecule has 0 saturated heterocycles. The lowest BCUT2D eigenvalue weighted by Gasteiger charge is -2.11. The highest BCUT2D eigenvalue weighted by molar-refractivity contribution is 5.21. The van der Waals surface area contributed by atoms with E-state index >= 15 is 0 Å². The molecule has 1 heteroatoms. The van der Waals surface area contributed by atoms with E-state index in [1.807, 2.05) is 0 Å². The van der Waals surface area contributed by atoms with Crippen LogP contribution in [0.5, 0.6) is 0 Å². The van der Waals surface area contributed by atoms with E-state index < -0.39 is 0 Å². The number of rotatable bonds is 7. The van der Waals surface area contributed by atoms with E-state index in [4.69, 9.17) is 0 Å². The molecule has 96 valence electrons. The van der Waals surface area contributed by atoms with Crippen molar-refractivity contribution in [3.63, 3.8) is 0 Å². The Balaban J connectivity index is 2.19. The number of hydrogen-bond donors (Lipinski definition) is 1. The Labute approximate surface area is 106 Å². The van der Waals surface area contributed by atoms with E-state index in [9.17, 15) is 5.11 Å². The molecule has 1 nitrogen and oxygen atoms in total. The second-order valence-corrected chi connectivity index (χ2v) is 5.50. The molecule has 0 aliphatic heterocycles. The summed E-state index contributed by atoms with van der Waals surface area (Å²) in [6, 6.07) is 8.60. The predicted molar refractivity (Wildman–Crippen MR) is 74.2 cm³/mol. The maximum absolute atomic E-state index is 9.88.